The highest BCUT2D eigenvalue weighted by Gasteiger charge is 2.51. The van der Waals surface area contributed by atoms with Crippen LogP contribution >= 0.6 is 7.82 Å². The number of ketones is 1. The summed E-state index contributed by atoms with van der Waals surface area (Å²) in [7, 11) is -4.12. The topological polar surface area (TPSA) is 65.1 Å². The van der Waals surface area contributed by atoms with Crippen molar-refractivity contribution in [1.29, 1.82) is 0 Å². The highest BCUT2D eigenvalue weighted by molar-refractivity contribution is 7.48. The zero-order chi connectivity index (χ0) is 27.4. The number of likely N-dealkylation sites (tertiary alicyclic amines) is 1. The van der Waals surface area contributed by atoms with Crippen molar-refractivity contribution in [3.8, 4) is 0 Å². The van der Waals surface area contributed by atoms with E-state index >= 15 is 0 Å². The summed E-state index contributed by atoms with van der Waals surface area (Å²) in [5, 5.41) is 0. The number of alkyl halides is 2. The van der Waals surface area contributed by atoms with Gasteiger partial charge in [0.05, 0.1) is 19.8 Å². The second-order valence-electron chi connectivity index (χ2n) is 11.4. The van der Waals surface area contributed by atoms with E-state index < -0.39 is 38.4 Å². The summed E-state index contributed by atoms with van der Waals surface area (Å²) in [5.41, 5.74) is 1.45. The summed E-state index contributed by atoms with van der Waals surface area (Å²) in [5.74, 6) is -5.03. The largest absolute Gasteiger partial charge is 0.475 e. The van der Waals surface area contributed by atoms with Crippen molar-refractivity contribution >= 4 is 13.6 Å². The van der Waals surface area contributed by atoms with Crippen molar-refractivity contribution in [1.82, 2.24) is 4.90 Å². The number of phosphoric acid groups is 1. The lowest BCUT2D eigenvalue weighted by molar-refractivity contribution is -0.128. The van der Waals surface area contributed by atoms with Crippen molar-refractivity contribution < 1.29 is 31.7 Å². The lowest BCUT2D eigenvalue weighted by atomic mass is 9.85. The Morgan fingerprint density at radius 1 is 0.947 bits per heavy atom. The first-order chi connectivity index (χ1) is 17.9. The van der Waals surface area contributed by atoms with E-state index in [1.165, 1.54) is 0 Å². The van der Waals surface area contributed by atoms with Crippen LogP contribution in [0.5, 0.6) is 0 Å². The van der Waals surface area contributed by atoms with Crippen LogP contribution in [0.1, 0.15) is 51.2 Å². The quantitative estimate of drug-likeness (QED) is 0.284. The van der Waals surface area contributed by atoms with Crippen molar-refractivity contribution in [3.63, 3.8) is 0 Å². The summed E-state index contributed by atoms with van der Waals surface area (Å²) in [6.07, 6.45) is -0.340. The Morgan fingerprint density at radius 3 is 2.00 bits per heavy atom. The Hall–Kier alpha value is -1.96. The Bertz CT molecular complexity index is 1060. The number of phosphoric ester groups is 1. The number of halogens is 2. The molecule has 0 spiro atoms. The monoisotopic (exact) mass is 549 g/mol. The van der Waals surface area contributed by atoms with Crippen LogP contribution < -0.4 is 0 Å². The molecule has 38 heavy (non-hydrogen) atoms. The lowest BCUT2D eigenvalue weighted by Crippen LogP contribution is -2.40. The van der Waals surface area contributed by atoms with Gasteiger partial charge >= 0.3 is 7.82 Å². The van der Waals surface area contributed by atoms with E-state index in [1.807, 2.05) is 60.7 Å². The Balaban J connectivity index is 1.44. The van der Waals surface area contributed by atoms with Crippen LogP contribution in [0.15, 0.2) is 60.7 Å². The standard InChI is InChI=1S/C29H38F2NO5P/c1-28(2,3)32-15-14-24(18-32)27(33)26-17-29(30,31)16-25(26)21-37-38(34,35-19-22-10-6-4-7-11-22)36-20-23-12-8-5-9-13-23/h4-13,24-26H,14-21H2,1-3H3/t24-,25+,26?/m1/s1. The molecule has 1 saturated heterocycles. The molecule has 1 aliphatic heterocycles. The summed E-state index contributed by atoms with van der Waals surface area (Å²) < 4.78 is 59.7. The molecule has 0 amide bonds. The van der Waals surface area contributed by atoms with E-state index in [2.05, 4.69) is 25.7 Å². The molecule has 0 aromatic heterocycles. The van der Waals surface area contributed by atoms with Crippen LogP contribution in [-0.4, -0.2) is 41.8 Å². The Kier molecular flexibility index (Phi) is 9.21. The molecule has 6 nitrogen and oxygen atoms in total. The van der Waals surface area contributed by atoms with Gasteiger partial charge in [0.2, 0.25) is 5.92 Å². The number of hydrogen-bond acceptors (Lipinski definition) is 6. The van der Waals surface area contributed by atoms with E-state index in [0.717, 1.165) is 17.7 Å². The van der Waals surface area contributed by atoms with Gasteiger partial charge in [0, 0.05) is 36.8 Å². The molecule has 0 radical (unpaired) electrons. The maximum Gasteiger partial charge on any atom is 0.475 e. The third-order valence-corrected chi connectivity index (χ3v) is 8.82. The van der Waals surface area contributed by atoms with Gasteiger partial charge in [-0.05, 0) is 50.8 Å². The molecule has 1 saturated carbocycles. The van der Waals surface area contributed by atoms with Crippen molar-refractivity contribution in [3.05, 3.63) is 71.8 Å². The molecule has 1 aliphatic carbocycles. The van der Waals surface area contributed by atoms with E-state index in [1.54, 1.807) is 0 Å². The SMILES string of the molecule is CC(C)(C)N1CC[C@@H](C(=O)C2CC(F)(F)C[C@H]2COP(=O)(OCc2ccccc2)OCc2ccccc2)C1. The van der Waals surface area contributed by atoms with Crippen LogP contribution in [0.4, 0.5) is 8.78 Å². The summed E-state index contributed by atoms with van der Waals surface area (Å²) >= 11 is 0. The number of hydrogen-bond donors (Lipinski definition) is 0. The maximum absolute atomic E-state index is 14.6. The van der Waals surface area contributed by atoms with Gasteiger partial charge in [-0.3, -0.25) is 23.3 Å². The van der Waals surface area contributed by atoms with E-state index in [4.69, 9.17) is 13.6 Å². The minimum atomic E-state index is -4.12. The Labute approximate surface area is 224 Å². The van der Waals surface area contributed by atoms with Gasteiger partial charge in [-0.25, -0.2) is 13.3 Å². The minimum Gasteiger partial charge on any atom is -0.299 e. The van der Waals surface area contributed by atoms with Crippen LogP contribution in [0.3, 0.4) is 0 Å². The highest BCUT2D eigenvalue weighted by atomic mass is 31.2. The molecule has 1 heterocycles. The van der Waals surface area contributed by atoms with Crippen molar-refractivity contribution in [2.75, 3.05) is 19.7 Å². The fraction of sp³-hybridized carbons (Fsp3) is 0.552. The average Bonchev–Trinajstić information content (AvgIpc) is 3.51. The third kappa shape index (κ3) is 7.80. The van der Waals surface area contributed by atoms with E-state index in [9.17, 15) is 18.1 Å². The van der Waals surface area contributed by atoms with E-state index in [-0.39, 0.29) is 37.1 Å². The Morgan fingerprint density at radius 2 is 1.50 bits per heavy atom. The number of nitrogens with zero attached hydrogens (tertiary/aromatic N) is 1. The van der Waals surface area contributed by atoms with Gasteiger partial charge in [-0.1, -0.05) is 60.7 Å². The zero-order valence-electron chi connectivity index (χ0n) is 22.4. The van der Waals surface area contributed by atoms with Crippen molar-refractivity contribution in [2.45, 2.75) is 64.7 Å². The first-order valence-corrected chi connectivity index (χ1v) is 14.7. The minimum absolute atomic E-state index is 0.0270. The fourth-order valence-corrected chi connectivity index (χ4v) is 6.48. The molecule has 208 valence electrons. The number of carbonyl (C=O) groups excluding carboxylic acids is 1. The van der Waals surface area contributed by atoms with Crippen LogP contribution in [0.25, 0.3) is 0 Å². The van der Waals surface area contributed by atoms with Crippen LogP contribution in [-0.2, 0) is 36.1 Å². The maximum atomic E-state index is 14.6. The van der Waals surface area contributed by atoms with Gasteiger partial charge in [0.15, 0.2) is 0 Å². The predicted octanol–water partition coefficient (Wildman–Crippen LogP) is 6.90. The molecular weight excluding hydrogens is 511 g/mol. The second kappa shape index (κ2) is 12.1. The average molecular weight is 550 g/mol. The molecule has 2 fully saturated rings. The number of rotatable bonds is 11. The molecule has 9 heteroatoms. The summed E-state index contributed by atoms with van der Waals surface area (Å²) in [4.78, 5) is 15.6. The van der Waals surface area contributed by atoms with Crippen LogP contribution in [0, 0.1) is 17.8 Å². The molecule has 4 rings (SSSR count). The molecule has 2 aromatic carbocycles. The van der Waals surface area contributed by atoms with Crippen molar-refractivity contribution in [2.24, 2.45) is 17.8 Å². The fourth-order valence-electron chi connectivity index (χ4n) is 5.26. The number of benzene rings is 2. The number of carbonyl (C=O) groups is 1. The van der Waals surface area contributed by atoms with Crippen LogP contribution in [0.2, 0.25) is 0 Å². The molecule has 2 aliphatic rings. The smallest absolute Gasteiger partial charge is 0.299 e. The first-order valence-electron chi connectivity index (χ1n) is 13.2. The first kappa shape index (κ1) is 29.0. The van der Waals surface area contributed by atoms with Gasteiger partial charge in [0.1, 0.15) is 5.78 Å². The third-order valence-electron chi connectivity index (χ3n) is 7.46. The predicted molar refractivity (Wildman–Crippen MR) is 142 cm³/mol. The van der Waals surface area contributed by atoms with Gasteiger partial charge < -0.3 is 0 Å². The second-order valence-corrected chi connectivity index (χ2v) is 13.1. The summed E-state index contributed by atoms with van der Waals surface area (Å²) in [6.45, 7) is 7.23. The van der Waals surface area contributed by atoms with Gasteiger partial charge in [-0.15, -0.1) is 0 Å². The zero-order valence-corrected chi connectivity index (χ0v) is 23.2. The molecule has 0 bridgehead atoms. The number of Topliss-reactive ketones (excluding diaryl/α,β-unsaturated/α-hetero) is 1. The van der Waals surface area contributed by atoms with E-state index in [0.29, 0.717) is 13.0 Å². The molecule has 0 N–H and O–H groups in total. The highest BCUT2D eigenvalue weighted by Crippen LogP contribution is 2.53. The summed E-state index contributed by atoms with van der Waals surface area (Å²) in [6, 6.07) is 18.3. The molecular formula is C29H38F2NO5P. The molecule has 3 atom stereocenters. The van der Waals surface area contributed by atoms with Gasteiger partial charge in [-0.2, -0.15) is 0 Å². The van der Waals surface area contributed by atoms with Gasteiger partial charge in [0.25, 0.3) is 0 Å². The normalized spacial score (nSPS) is 24.1. The molecule has 2 aromatic rings. The lowest BCUT2D eigenvalue weighted by Gasteiger charge is -2.32. The molecule has 1 unspecified atom stereocenters.